The lowest BCUT2D eigenvalue weighted by Crippen LogP contribution is -2.09. The molecule has 0 aliphatic heterocycles. The summed E-state index contributed by atoms with van der Waals surface area (Å²) in [5.74, 6) is 0. The first kappa shape index (κ1) is 11.0. The van der Waals surface area contributed by atoms with Gasteiger partial charge >= 0.3 is 0 Å². The SMILES string of the molecule is Nc1ccc(C(O)COCCO)cc1. The van der Waals surface area contributed by atoms with Crippen molar-refractivity contribution < 1.29 is 14.9 Å². The van der Waals surface area contributed by atoms with Gasteiger partial charge in [0.2, 0.25) is 0 Å². The van der Waals surface area contributed by atoms with Crippen LogP contribution in [0.15, 0.2) is 24.3 Å². The van der Waals surface area contributed by atoms with E-state index in [0.29, 0.717) is 5.69 Å². The van der Waals surface area contributed by atoms with E-state index >= 15 is 0 Å². The number of rotatable bonds is 5. The van der Waals surface area contributed by atoms with E-state index in [-0.39, 0.29) is 19.8 Å². The third kappa shape index (κ3) is 3.33. The van der Waals surface area contributed by atoms with E-state index in [1.807, 2.05) is 0 Å². The number of aliphatic hydroxyl groups is 2. The minimum atomic E-state index is -0.665. The number of aliphatic hydroxyl groups excluding tert-OH is 2. The van der Waals surface area contributed by atoms with Gasteiger partial charge in [-0.1, -0.05) is 12.1 Å². The highest BCUT2D eigenvalue weighted by atomic mass is 16.5. The molecule has 0 amide bonds. The van der Waals surface area contributed by atoms with Gasteiger partial charge in [-0.2, -0.15) is 0 Å². The maximum absolute atomic E-state index is 9.59. The lowest BCUT2D eigenvalue weighted by atomic mass is 10.1. The van der Waals surface area contributed by atoms with Gasteiger partial charge in [-0.25, -0.2) is 0 Å². The Balaban J connectivity index is 2.43. The predicted molar refractivity (Wildman–Crippen MR) is 53.7 cm³/mol. The van der Waals surface area contributed by atoms with Gasteiger partial charge in [-0.3, -0.25) is 0 Å². The highest BCUT2D eigenvalue weighted by Crippen LogP contribution is 2.14. The first-order chi connectivity index (χ1) is 6.74. The van der Waals surface area contributed by atoms with Gasteiger partial charge in [0.1, 0.15) is 6.10 Å². The van der Waals surface area contributed by atoms with Crippen LogP contribution in [0.2, 0.25) is 0 Å². The highest BCUT2D eigenvalue weighted by Gasteiger charge is 2.06. The Morgan fingerprint density at radius 1 is 1.29 bits per heavy atom. The van der Waals surface area contributed by atoms with E-state index < -0.39 is 6.10 Å². The monoisotopic (exact) mass is 197 g/mol. The van der Waals surface area contributed by atoms with Gasteiger partial charge in [-0.05, 0) is 17.7 Å². The molecule has 0 bridgehead atoms. The van der Waals surface area contributed by atoms with E-state index in [4.69, 9.17) is 15.6 Å². The fraction of sp³-hybridized carbons (Fsp3) is 0.400. The Morgan fingerprint density at radius 3 is 2.50 bits per heavy atom. The molecule has 0 aliphatic carbocycles. The molecule has 0 fully saturated rings. The van der Waals surface area contributed by atoms with Crippen LogP contribution in [0.25, 0.3) is 0 Å². The molecule has 4 heteroatoms. The van der Waals surface area contributed by atoms with Crippen LogP contribution in [-0.4, -0.2) is 30.0 Å². The minimum absolute atomic E-state index is 0.0333. The second kappa shape index (κ2) is 5.59. The van der Waals surface area contributed by atoms with Crippen LogP contribution < -0.4 is 5.73 Å². The van der Waals surface area contributed by atoms with Crippen molar-refractivity contribution in [2.24, 2.45) is 0 Å². The Bertz CT molecular complexity index is 261. The zero-order valence-corrected chi connectivity index (χ0v) is 7.89. The standard InChI is InChI=1S/C10H15NO3/c11-9-3-1-8(2-4-9)10(13)7-14-6-5-12/h1-4,10,12-13H,5-7,11H2. The molecule has 1 rings (SSSR count). The molecule has 14 heavy (non-hydrogen) atoms. The second-order valence-electron chi connectivity index (χ2n) is 2.98. The molecule has 0 spiro atoms. The molecule has 0 radical (unpaired) electrons. The second-order valence-corrected chi connectivity index (χ2v) is 2.98. The zero-order valence-electron chi connectivity index (χ0n) is 7.89. The van der Waals surface area contributed by atoms with Crippen LogP contribution in [0, 0.1) is 0 Å². The first-order valence-corrected chi connectivity index (χ1v) is 4.46. The van der Waals surface area contributed by atoms with E-state index in [1.54, 1.807) is 24.3 Å². The van der Waals surface area contributed by atoms with Crippen LogP contribution >= 0.6 is 0 Å². The molecular formula is C10H15NO3. The number of nitrogens with two attached hydrogens (primary N) is 1. The van der Waals surface area contributed by atoms with Crippen molar-refractivity contribution in [2.75, 3.05) is 25.6 Å². The Labute approximate surface area is 82.9 Å². The molecule has 0 saturated carbocycles. The summed E-state index contributed by atoms with van der Waals surface area (Å²) in [5, 5.41) is 18.1. The normalized spacial score (nSPS) is 12.7. The summed E-state index contributed by atoms with van der Waals surface area (Å²) in [7, 11) is 0. The smallest absolute Gasteiger partial charge is 0.102 e. The number of anilines is 1. The Morgan fingerprint density at radius 2 is 1.93 bits per heavy atom. The average Bonchev–Trinajstić information content (AvgIpc) is 2.19. The molecular weight excluding hydrogens is 182 g/mol. The third-order valence-electron chi connectivity index (χ3n) is 1.83. The van der Waals surface area contributed by atoms with Gasteiger partial charge in [0, 0.05) is 5.69 Å². The quantitative estimate of drug-likeness (QED) is 0.469. The lowest BCUT2D eigenvalue weighted by molar-refractivity contribution is 0.0206. The summed E-state index contributed by atoms with van der Waals surface area (Å²) in [6.45, 7) is 0.394. The molecule has 0 saturated heterocycles. The van der Waals surface area contributed by atoms with E-state index in [2.05, 4.69) is 0 Å². The van der Waals surface area contributed by atoms with Crippen LogP contribution in [0.1, 0.15) is 11.7 Å². The van der Waals surface area contributed by atoms with E-state index in [0.717, 1.165) is 5.56 Å². The third-order valence-corrected chi connectivity index (χ3v) is 1.83. The molecule has 78 valence electrons. The summed E-state index contributed by atoms with van der Waals surface area (Å²) in [6.07, 6.45) is -0.665. The largest absolute Gasteiger partial charge is 0.399 e. The van der Waals surface area contributed by atoms with Crippen molar-refractivity contribution in [1.82, 2.24) is 0 Å². The van der Waals surface area contributed by atoms with Crippen LogP contribution in [0.4, 0.5) is 5.69 Å². The summed E-state index contributed by atoms with van der Waals surface area (Å²) in [5.41, 5.74) is 6.93. The molecule has 0 heterocycles. The molecule has 4 N–H and O–H groups in total. The van der Waals surface area contributed by atoms with Crippen LogP contribution in [-0.2, 0) is 4.74 Å². The van der Waals surface area contributed by atoms with Crippen molar-refractivity contribution in [3.05, 3.63) is 29.8 Å². The first-order valence-electron chi connectivity index (χ1n) is 4.46. The number of nitrogen functional groups attached to an aromatic ring is 1. The van der Waals surface area contributed by atoms with Crippen molar-refractivity contribution in [3.8, 4) is 0 Å². The van der Waals surface area contributed by atoms with Gasteiger partial charge in [0.05, 0.1) is 19.8 Å². The highest BCUT2D eigenvalue weighted by molar-refractivity contribution is 5.39. The fourth-order valence-electron chi connectivity index (χ4n) is 1.07. The summed E-state index contributed by atoms with van der Waals surface area (Å²) < 4.78 is 5.00. The van der Waals surface area contributed by atoms with Crippen molar-refractivity contribution in [1.29, 1.82) is 0 Å². The van der Waals surface area contributed by atoms with E-state index in [9.17, 15) is 5.11 Å². The summed E-state index contributed by atoms with van der Waals surface area (Å²) >= 11 is 0. The number of hydrogen-bond donors (Lipinski definition) is 3. The molecule has 1 unspecified atom stereocenters. The number of ether oxygens (including phenoxy) is 1. The zero-order chi connectivity index (χ0) is 10.4. The Hall–Kier alpha value is -1.10. The maximum atomic E-state index is 9.59. The molecule has 1 aromatic carbocycles. The lowest BCUT2D eigenvalue weighted by Gasteiger charge is -2.10. The fourth-order valence-corrected chi connectivity index (χ4v) is 1.07. The number of hydrogen-bond acceptors (Lipinski definition) is 4. The molecule has 1 aromatic rings. The molecule has 0 aromatic heterocycles. The van der Waals surface area contributed by atoms with Gasteiger partial charge in [-0.15, -0.1) is 0 Å². The van der Waals surface area contributed by atoms with Crippen molar-refractivity contribution >= 4 is 5.69 Å². The minimum Gasteiger partial charge on any atom is -0.399 e. The number of benzene rings is 1. The molecule has 4 nitrogen and oxygen atoms in total. The van der Waals surface area contributed by atoms with Gasteiger partial charge in [0.25, 0.3) is 0 Å². The molecule has 0 aliphatic rings. The maximum Gasteiger partial charge on any atom is 0.102 e. The van der Waals surface area contributed by atoms with Crippen molar-refractivity contribution in [2.45, 2.75) is 6.10 Å². The average molecular weight is 197 g/mol. The van der Waals surface area contributed by atoms with E-state index in [1.165, 1.54) is 0 Å². The Kier molecular flexibility index (Phi) is 4.39. The van der Waals surface area contributed by atoms with Crippen LogP contribution in [0.3, 0.4) is 0 Å². The summed E-state index contributed by atoms with van der Waals surface area (Å²) in [4.78, 5) is 0. The molecule has 1 atom stereocenters. The predicted octanol–water partition coefficient (Wildman–Crippen LogP) is 0.311. The topological polar surface area (TPSA) is 75.7 Å². The van der Waals surface area contributed by atoms with Gasteiger partial charge < -0.3 is 20.7 Å². The summed E-state index contributed by atoms with van der Waals surface area (Å²) in [6, 6.07) is 6.96. The van der Waals surface area contributed by atoms with Crippen molar-refractivity contribution in [3.63, 3.8) is 0 Å². The van der Waals surface area contributed by atoms with Crippen LogP contribution in [0.5, 0.6) is 0 Å². The van der Waals surface area contributed by atoms with Gasteiger partial charge in [0.15, 0.2) is 0 Å².